The summed E-state index contributed by atoms with van der Waals surface area (Å²) < 4.78 is 10.7. The van der Waals surface area contributed by atoms with E-state index < -0.39 is 59.9 Å². The van der Waals surface area contributed by atoms with E-state index in [1.54, 1.807) is 37.8 Å². The van der Waals surface area contributed by atoms with Gasteiger partial charge in [-0.1, -0.05) is 82.2 Å². The Hall–Kier alpha value is -3.96. The van der Waals surface area contributed by atoms with Crippen molar-refractivity contribution < 1.29 is 38.2 Å². The van der Waals surface area contributed by atoms with Crippen molar-refractivity contribution in [3.05, 3.63) is 35.9 Å². The van der Waals surface area contributed by atoms with Crippen LogP contribution in [0.25, 0.3) is 0 Å². The monoisotopic (exact) mass is 696 g/mol. The molecule has 50 heavy (non-hydrogen) atoms. The number of piperidine rings is 1. The number of Topliss-reactive ketones (excluding diaryl/α,β-unsaturated/α-hetero) is 1. The standard InChI is InChI=1S/C38H56N4O8/c1-5-14-29(33(44)35(46)39-22-31(43)49-24-25-15-8-6-9-16-25)40-34(45)30-21-27-19-12-13-20-28(27)23-42(30)36(47)32(26-17-10-7-11-18-26)41-37(48)50-38(2,3)4/h6,8-9,15-16,26-30,32H,5,7,10-14,17-24H2,1-4H3,(H,39,46)(H,40,45)(H,41,48). The van der Waals surface area contributed by atoms with Gasteiger partial charge in [-0.3, -0.25) is 24.0 Å². The molecular formula is C38H56N4O8. The normalized spacial score (nSPS) is 22.2. The highest BCUT2D eigenvalue weighted by atomic mass is 16.6. The summed E-state index contributed by atoms with van der Waals surface area (Å²) in [4.78, 5) is 81.7. The van der Waals surface area contributed by atoms with Crippen LogP contribution in [0.5, 0.6) is 0 Å². The lowest BCUT2D eigenvalue weighted by Gasteiger charge is -2.47. The van der Waals surface area contributed by atoms with Crippen LogP contribution >= 0.6 is 0 Å². The number of hydrogen-bond acceptors (Lipinski definition) is 8. The highest BCUT2D eigenvalue weighted by Gasteiger charge is 2.46. The van der Waals surface area contributed by atoms with Gasteiger partial charge in [-0.25, -0.2) is 4.79 Å². The first-order chi connectivity index (χ1) is 23.9. The molecule has 0 aromatic heterocycles. The minimum absolute atomic E-state index is 0.0331. The van der Waals surface area contributed by atoms with E-state index in [1.165, 1.54) is 0 Å². The summed E-state index contributed by atoms with van der Waals surface area (Å²) in [6, 6.07) is 6.24. The second-order valence-corrected chi connectivity index (χ2v) is 15.1. The van der Waals surface area contributed by atoms with E-state index in [4.69, 9.17) is 9.47 Å². The van der Waals surface area contributed by atoms with Crippen LogP contribution in [0.1, 0.15) is 110 Å². The lowest BCUT2D eigenvalue weighted by atomic mass is 9.72. The molecule has 4 amide bonds. The Morgan fingerprint density at radius 2 is 1.54 bits per heavy atom. The summed E-state index contributed by atoms with van der Waals surface area (Å²) >= 11 is 0. The summed E-state index contributed by atoms with van der Waals surface area (Å²) in [6.45, 7) is 7.07. The van der Waals surface area contributed by atoms with Gasteiger partial charge in [0.15, 0.2) is 0 Å². The van der Waals surface area contributed by atoms with Crippen LogP contribution in [0.2, 0.25) is 0 Å². The van der Waals surface area contributed by atoms with Gasteiger partial charge in [0.05, 0.1) is 6.04 Å². The Balaban J connectivity index is 1.47. The van der Waals surface area contributed by atoms with Crippen molar-refractivity contribution in [1.29, 1.82) is 0 Å². The van der Waals surface area contributed by atoms with E-state index in [-0.39, 0.29) is 36.7 Å². The van der Waals surface area contributed by atoms with Gasteiger partial charge >= 0.3 is 12.1 Å². The molecular weight excluding hydrogens is 640 g/mol. The lowest BCUT2D eigenvalue weighted by molar-refractivity contribution is -0.150. The molecule has 0 bridgehead atoms. The van der Waals surface area contributed by atoms with Crippen molar-refractivity contribution in [2.75, 3.05) is 13.1 Å². The number of nitrogens with zero attached hydrogens (tertiary/aromatic N) is 1. The van der Waals surface area contributed by atoms with E-state index in [2.05, 4.69) is 16.0 Å². The molecule has 276 valence electrons. The fourth-order valence-electron chi connectivity index (χ4n) is 7.60. The molecule has 12 nitrogen and oxygen atoms in total. The van der Waals surface area contributed by atoms with E-state index >= 15 is 0 Å². The molecule has 3 aliphatic rings. The molecule has 0 radical (unpaired) electrons. The maximum absolute atomic E-state index is 14.5. The summed E-state index contributed by atoms with van der Waals surface area (Å²) in [5.74, 6) is -2.96. The molecule has 1 aliphatic heterocycles. The first kappa shape index (κ1) is 38.8. The number of hydrogen-bond donors (Lipinski definition) is 3. The Morgan fingerprint density at radius 3 is 2.20 bits per heavy atom. The van der Waals surface area contributed by atoms with Gasteiger partial charge in [0.1, 0.15) is 30.8 Å². The van der Waals surface area contributed by atoms with Crippen molar-refractivity contribution in [1.82, 2.24) is 20.9 Å². The number of carbonyl (C=O) groups excluding carboxylic acids is 6. The van der Waals surface area contributed by atoms with Gasteiger partial charge in [-0.05, 0) is 76.2 Å². The summed E-state index contributed by atoms with van der Waals surface area (Å²) in [5, 5.41) is 8.01. The molecule has 2 saturated carbocycles. The number of carbonyl (C=O) groups is 6. The number of alkyl carbamates (subject to hydrolysis) is 1. The van der Waals surface area contributed by atoms with Gasteiger partial charge in [-0.2, -0.15) is 0 Å². The first-order valence-electron chi connectivity index (χ1n) is 18.5. The molecule has 3 N–H and O–H groups in total. The molecule has 4 rings (SSSR count). The highest BCUT2D eigenvalue weighted by Crippen LogP contribution is 2.39. The van der Waals surface area contributed by atoms with E-state index in [0.717, 1.165) is 63.4 Å². The number of ketones is 1. The van der Waals surface area contributed by atoms with Crippen LogP contribution in [0, 0.1) is 17.8 Å². The molecule has 1 aromatic carbocycles. The van der Waals surface area contributed by atoms with Gasteiger partial charge in [-0.15, -0.1) is 0 Å². The lowest BCUT2D eigenvalue weighted by Crippen LogP contribution is -2.63. The van der Waals surface area contributed by atoms with Crippen LogP contribution in [0.4, 0.5) is 4.79 Å². The number of amides is 4. The van der Waals surface area contributed by atoms with Gasteiger partial charge in [0.2, 0.25) is 17.6 Å². The fraction of sp³-hybridized carbons (Fsp3) is 0.684. The van der Waals surface area contributed by atoms with Crippen LogP contribution in [-0.4, -0.2) is 77.3 Å². The second kappa shape index (κ2) is 18.3. The number of ether oxygens (including phenoxy) is 2. The summed E-state index contributed by atoms with van der Waals surface area (Å²) in [5.41, 5.74) is 0.0392. The number of esters is 1. The average molecular weight is 697 g/mol. The second-order valence-electron chi connectivity index (χ2n) is 15.1. The fourth-order valence-corrected chi connectivity index (χ4v) is 7.60. The van der Waals surface area contributed by atoms with Gasteiger partial charge in [0, 0.05) is 6.54 Å². The van der Waals surface area contributed by atoms with Crippen LogP contribution in [0.15, 0.2) is 30.3 Å². The quantitative estimate of drug-likeness (QED) is 0.200. The van der Waals surface area contributed by atoms with Crippen molar-refractivity contribution >= 4 is 35.6 Å². The largest absolute Gasteiger partial charge is 0.460 e. The minimum Gasteiger partial charge on any atom is -0.460 e. The molecule has 5 unspecified atom stereocenters. The van der Waals surface area contributed by atoms with Crippen LogP contribution < -0.4 is 16.0 Å². The minimum atomic E-state index is -1.14. The van der Waals surface area contributed by atoms with E-state index in [9.17, 15) is 28.8 Å². The highest BCUT2D eigenvalue weighted by molar-refractivity contribution is 6.38. The molecule has 5 atom stereocenters. The predicted molar refractivity (Wildman–Crippen MR) is 186 cm³/mol. The summed E-state index contributed by atoms with van der Waals surface area (Å²) in [6.07, 6.45) is 9.05. The molecule has 1 saturated heterocycles. The maximum atomic E-state index is 14.5. The first-order valence-corrected chi connectivity index (χ1v) is 18.5. The van der Waals surface area contributed by atoms with Crippen LogP contribution in [-0.2, 0) is 40.1 Å². The Kier molecular flexibility index (Phi) is 14.2. The molecule has 1 heterocycles. The molecule has 3 fully saturated rings. The molecule has 1 aromatic rings. The topological polar surface area (TPSA) is 160 Å². The zero-order valence-corrected chi connectivity index (χ0v) is 30.2. The zero-order chi connectivity index (χ0) is 36.3. The van der Waals surface area contributed by atoms with Crippen molar-refractivity contribution in [2.24, 2.45) is 17.8 Å². The Bertz CT molecular complexity index is 1340. The molecule has 12 heteroatoms. The number of likely N-dealkylation sites (tertiary alicyclic amines) is 1. The van der Waals surface area contributed by atoms with Gasteiger partial charge < -0.3 is 30.3 Å². The number of fused-ring (bicyclic) bond motifs is 1. The third-order valence-corrected chi connectivity index (χ3v) is 10.1. The third kappa shape index (κ3) is 11.3. The van der Waals surface area contributed by atoms with Crippen molar-refractivity contribution in [3.63, 3.8) is 0 Å². The van der Waals surface area contributed by atoms with E-state index in [1.807, 2.05) is 25.1 Å². The third-order valence-electron chi connectivity index (χ3n) is 10.1. The predicted octanol–water partition coefficient (Wildman–Crippen LogP) is 4.58. The Labute approximate surface area is 296 Å². The van der Waals surface area contributed by atoms with Crippen LogP contribution in [0.3, 0.4) is 0 Å². The molecule has 2 aliphatic carbocycles. The van der Waals surface area contributed by atoms with Crippen molar-refractivity contribution in [3.8, 4) is 0 Å². The average Bonchev–Trinajstić information content (AvgIpc) is 3.10. The number of rotatable bonds is 13. The smallest absolute Gasteiger partial charge is 0.408 e. The van der Waals surface area contributed by atoms with E-state index in [0.29, 0.717) is 19.4 Å². The Morgan fingerprint density at radius 1 is 0.880 bits per heavy atom. The SMILES string of the molecule is CCCC(NC(=O)C1CC2CCCCC2CN1C(=O)C(NC(=O)OC(C)(C)C)C1CCCCC1)C(=O)C(=O)NCC(=O)OCc1ccccc1. The van der Waals surface area contributed by atoms with Gasteiger partial charge in [0.25, 0.3) is 5.91 Å². The zero-order valence-electron chi connectivity index (χ0n) is 30.2. The van der Waals surface area contributed by atoms with Crippen molar-refractivity contribution in [2.45, 2.75) is 135 Å². The summed E-state index contributed by atoms with van der Waals surface area (Å²) in [7, 11) is 0. The molecule has 0 spiro atoms. The number of benzene rings is 1. The number of nitrogens with one attached hydrogen (secondary N) is 3. The maximum Gasteiger partial charge on any atom is 0.408 e.